The number of carbonyl (C=O) groups is 4. The first kappa shape index (κ1) is 39.8. The summed E-state index contributed by atoms with van der Waals surface area (Å²) in [5.74, 6) is -2.96. The molecule has 1 spiro atoms. The van der Waals surface area contributed by atoms with Crippen LogP contribution in [0.4, 0.5) is 5.69 Å². The summed E-state index contributed by atoms with van der Waals surface area (Å²) in [5, 5.41) is 45.2. The van der Waals surface area contributed by atoms with E-state index in [2.05, 4.69) is 15.0 Å². The molecule has 6 N–H and O–H groups in total. The molecule has 4 aliphatic heterocycles. The van der Waals surface area contributed by atoms with Crippen molar-refractivity contribution in [2.75, 3.05) is 24.8 Å². The third-order valence-corrected chi connectivity index (χ3v) is 12.2. The number of aliphatic hydroxyl groups excluding tert-OH is 4. The number of ketones is 2. The standard InChI is InChI=1S/C43H43N5O12/c44-42-46-39-30(40(56)47-42)45-20-48(39)28-11-5-4-8-23(28)22-13-17-58-43(14-6-1-7-15-43)38-34(54)33(53)35(55)41(60-38)59-36-26(22)18-27-29(37(36)57-19-21(50)12-16-49)32(52)25-10-3-2-9-24(25)31(27)51/h2-5,8-11,16,18,21-22,33-35,38,41,50,53-55H,1,6-7,12-15,17,19-20H2,(H2,44,47,56)/t21-,22-,33-,34-,35+,38-,41+/m1/s1. The van der Waals surface area contributed by atoms with E-state index in [4.69, 9.17) is 24.7 Å². The molecule has 60 heavy (non-hydrogen) atoms. The molecule has 1 saturated carbocycles. The minimum Gasteiger partial charge on any atom is -0.486 e. The topological polar surface area (TPSA) is 252 Å². The van der Waals surface area contributed by atoms with Crippen LogP contribution in [0.1, 0.15) is 93.8 Å². The average Bonchev–Trinajstić information content (AvgIpc) is 3.67. The number of benzene rings is 3. The molecule has 0 aromatic heterocycles. The molecule has 2 bridgehead atoms. The Bertz CT molecular complexity index is 2370. The number of hydrogen-bond donors (Lipinski definition) is 5. The maximum Gasteiger partial charge on any atom is 0.302 e. The second-order valence-corrected chi connectivity index (χ2v) is 15.8. The number of ether oxygens (including phenoxy) is 4. The van der Waals surface area contributed by atoms with Crippen LogP contribution in [0.3, 0.4) is 0 Å². The molecular formula is C43H43N5O12. The highest BCUT2D eigenvalue weighted by Crippen LogP contribution is 2.51. The zero-order valence-corrected chi connectivity index (χ0v) is 32.3. The lowest BCUT2D eigenvalue weighted by Gasteiger charge is -2.50. The van der Waals surface area contributed by atoms with E-state index in [1.165, 1.54) is 6.07 Å². The van der Waals surface area contributed by atoms with E-state index in [0.29, 0.717) is 30.4 Å². The SMILES string of the molecule is NC1=NC(=O)C2=NCN(c3ccccc3[C@H]3CCOC4(CCCCC4)[C@@H]4O[C@H](Oc5c3cc3c(c5OC[C@H](O)CC=O)C(=O)c5ccccc5C3=O)[C@@H](O)[C@H](O)[C@H]4O)C2=N1. The molecular weight excluding hydrogens is 778 g/mol. The first-order valence-corrected chi connectivity index (χ1v) is 20.0. The molecule has 4 heterocycles. The van der Waals surface area contributed by atoms with Gasteiger partial charge in [-0.3, -0.25) is 19.4 Å². The van der Waals surface area contributed by atoms with E-state index in [1.807, 2.05) is 6.07 Å². The first-order chi connectivity index (χ1) is 29.0. The lowest BCUT2D eigenvalue weighted by Crippen LogP contribution is -2.66. The molecule has 9 rings (SSSR count). The number of aldehydes is 1. The zero-order chi connectivity index (χ0) is 41.9. The lowest BCUT2D eigenvalue weighted by molar-refractivity contribution is -0.314. The maximum atomic E-state index is 14.5. The van der Waals surface area contributed by atoms with Gasteiger partial charge in [0.15, 0.2) is 34.6 Å². The highest BCUT2D eigenvalue weighted by atomic mass is 16.7. The zero-order valence-electron chi connectivity index (χ0n) is 32.3. The van der Waals surface area contributed by atoms with Gasteiger partial charge in [-0.2, -0.15) is 9.98 Å². The third-order valence-electron chi connectivity index (χ3n) is 12.2. The number of rotatable bonds is 7. The molecule has 2 aliphatic carbocycles. The number of nitrogens with zero attached hydrogens (tertiary/aromatic N) is 4. The van der Waals surface area contributed by atoms with Gasteiger partial charge in [0.25, 0.3) is 0 Å². The number of guanidine groups is 1. The van der Waals surface area contributed by atoms with Gasteiger partial charge in [0.2, 0.25) is 12.2 Å². The number of aliphatic imine (C=N–C) groups is 3. The van der Waals surface area contributed by atoms with E-state index in [0.717, 1.165) is 19.3 Å². The Morgan fingerprint density at radius 2 is 1.65 bits per heavy atom. The van der Waals surface area contributed by atoms with Gasteiger partial charge in [0.1, 0.15) is 44.0 Å². The predicted octanol–water partition coefficient (Wildman–Crippen LogP) is 1.70. The van der Waals surface area contributed by atoms with Gasteiger partial charge in [0.05, 0.1) is 17.3 Å². The fraction of sp³-hybridized carbons (Fsp3) is 0.419. The van der Waals surface area contributed by atoms with E-state index in [-0.39, 0.29) is 82.9 Å². The highest BCUT2D eigenvalue weighted by Gasteiger charge is 2.55. The summed E-state index contributed by atoms with van der Waals surface area (Å²) in [6.45, 7) is -0.466. The number of nitrogens with two attached hydrogens (primary N) is 1. The van der Waals surface area contributed by atoms with Crippen LogP contribution in [0.5, 0.6) is 11.5 Å². The number of amides is 1. The summed E-state index contributed by atoms with van der Waals surface area (Å²) in [6.07, 6.45) is -5.56. The third kappa shape index (κ3) is 6.61. The maximum absolute atomic E-state index is 14.5. The van der Waals surface area contributed by atoms with Crippen molar-refractivity contribution in [2.24, 2.45) is 20.7 Å². The van der Waals surface area contributed by atoms with Gasteiger partial charge in [0, 0.05) is 46.9 Å². The summed E-state index contributed by atoms with van der Waals surface area (Å²) in [6, 6.07) is 15.1. The van der Waals surface area contributed by atoms with Gasteiger partial charge in [-0.05, 0) is 37.0 Å². The quantitative estimate of drug-likeness (QED) is 0.167. The van der Waals surface area contributed by atoms with Crippen LogP contribution in [0, 0.1) is 0 Å². The Kier molecular flexibility index (Phi) is 10.4. The number of para-hydroxylation sites is 1. The molecule has 312 valence electrons. The smallest absolute Gasteiger partial charge is 0.302 e. The average molecular weight is 822 g/mol. The minimum absolute atomic E-state index is 0.00802. The second kappa shape index (κ2) is 15.7. The molecule has 17 heteroatoms. The Morgan fingerprint density at radius 3 is 2.42 bits per heavy atom. The van der Waals surface area contributed by atoms with Crippen molar-refractivity contribution in [3.05, 3.63) is 88.0 Å². The Balaban J connectivity index is 1.29. The molecule has 3 aromatic carbocycles. The van der Waals surface area contributed by atoms with E-state index in [1.54, 1.807) is 47.4 Å². The number of fused-ring (bicyclic) bond motifs is 7. The minimum atomic E-state index is -1.83. The van der Waals surface area contributed by atoms with Crippen molar-refractivity contribution < 1.29 is 58.6 Å². The van der Waals surface area contributed by atoms with E-state index in [9.17, 15) is 39.6 Å². The van der Waals surface area contributed by atoms with E-state index >= 15 is 0 Å². The van der Waals surface area contributed by atoms with Crippen molar-refractivity contribution >= 4 is 47.0 Å². The van der Waals surface area contributed by atoms with Crippen LogP contribution in [0.15, 0.2) is 69.6 Å². The van der Waals surface area contributed by atoms with Crippen LogP contribution in [0.2, 0.25) is 0 Å². The van der Waals surface area contributed by atoms with Crippen molar-refractivity contribution in [3.63, 3.8) is 0 Å². The molecule has 17 nitrogen and oxygen atoms in total. The van der Waals surface area contributed by atoms with Gasteiger partial charge in [-0.1, -0.05) is 61.7 Å². The lowest BCUT2D eigenvalue weighted by atomic mass is 9.76. The summed E-state index contributed by atoms with van der Waals surface area (Å²) in [4.78, 5) is 67.6. The molecule has 3 aromatic rings. The van der Waals surface area contributed by atoms with Crippen LogP contribution in [-0.2, 0) is 19.1 Å². The Labute approximate surface area is 343 Å². The number of carbonyl (C=O) groups excluding carboxylic acids is 4. The molecule has 0 unspecified atom stereocenters. The molecule has 1 saturated heterocycles. The van der Waals surface area contributed by atoms with E-state index < -0.39 is 72.4 Å². The number of anilines is 1. The van der Waals surface area contributed by atoms with Crippen LogP contribution >= 0.6 is 0 Å². The van der Waals surface area contributed by atoms with Crippen LogP contribution in [0.25, 0.3) is 0 Å². The molecule has 7 atom stereocenters. The van der Waals surface area contributed by atoms with Gasteiger partial charge in [-0.15, -0.1) is 0 Å². The fourth-order valence-corrected chi connectivity index (χ4v) is 9.31. The first-order valence-electron chi connectivity index (χ1n) is 20.0. The summed E-state index contributed by atoms with van der Waals surface area (Å²) >= 11 is 0. The van der Waals surface area contributed by atoms with Crippen LogP contribution in [-0.4, -0.2) is 124 Å². The highest BCUT2D eigenvalue weighted by molar-refractivity contribution is 6.72. The normalized spacial score (nSPS) is 27.5. The van der Waals surface area contributed by atoms with Gasteiger partial charge >= 0.3 is 5.91 Å². The van der Waals surface area contributed by atoms with Crippen molar-refractivity contribution in [2.45, 2.75) is 93.3 Å². The largest absolute Gasteiger partial charge is 0.486 e. The number of aliphatic hydroxyl groups is 4. The Hall–Kier alpha value is -5.69. The monoisotopic (exact) mass is 821 g/mol. The predicted molar refractivity (Wildman–Crippen MR) is 213 cm³/mol. The van der Waals surface area contributed by atoms with Crippen molar-refractivity contribution in [3.8, 4) is 11.5 Å². The fourth-order valence-electron chi connectivity index (χ4n) is 9.31. The molecule has 6 aliphatic rings. The molecule has 1 amide bonds. The number of hydrogen-bond acceptors (Lipinski definition) is 16. The Morgan fingerprint density at radius 1 is 0.917 bits per heavy atom. The summed E-state index contributed by atoms with van der Waals surface area (Å²) < 4.78 is 26.3. The summed E-state index contributed by atoms with van der Waals surface area (Å²) in [7, 11) is 0. The number of amidine groups is 1. The molecule has 2 fully saturated rings. The van der Waals surface area contributed by atoms with Crippen LogP contribution < -0.4 is 20.1 Å². The van der Waals surface area contributed by atoms with Crippen molar-refractivity contribution in [1.82, 2.24) is 0 Å². The van der Waals surface area contributed by atoms with Gasteiger partial charge in [-0.25, -0.2) is 0 Å². The summed E-state index contributed by atoms with van der Waals surface area (Å²) in [5.41, 5.74) is 6.37. The molecule has 0 radical (unpaired) electrons. The van der Waals surface area contributed by atoms with Gasteiger partial charge < -0.3 is 54.8 Å². The second-order valence-electron chi connectivity index (χ2n) is 15.8. The van der Waals surface area contributed by atoms with Crippen molar-refractivity contribution in [1.29, 1.82) is 0 Å².